The summed E-state index contributed by atoms with van der Waals surface area (Å²) in [6, 6.07) is 8.72. The topological polar surface area (TPSA) is 29.3 Å². The van der Waals surface area contributed by atoms with Crippen LogP contribution in [0.15, 0.2) is 34.8 Å². The van der Waals surface area contributed by atoms with E-state index in [0.717, 1.165) is 9.35 Å². The first-order valence-electron chi connectivity index (χ1n) is 6.56. The van der Waals surface area contributed by atoms with Gasteiger partial charge in [0.2, 0.25) is 0 Å². The van der Waals surface area contributed by atoms with Gasteiger partial charge in [0.15, 0.2) is 0 Å². The van der Waals surface area contributed by atoms with Crippen molar-refractivity contribution in [2.45, 2.75) is 19.0 Å². The fourth-order valence-corrected chi connectivity index (χ4v) is 4.22. The summed E-state index contributed by atoms with van der Waals surface area (Å²) in [5, 5.41) is 0. The van der Waals surface area contributed by atoms with Gasteiger partial charge in [-0.25, -0.2) is 4.39 Å². The maximum atomic E-state index is 14.0. The number of nitrogens with zero attached hydrogens (tertiary/aromatic N) is 1. The van der Waals surface area contributed by atoms with Crippen molar-refractivity contribution in [3.05, 3.63) is 55.4 Å². The second-order valence-corrected chi connectivity index (χ2v) is 7.43. The van der Waals surface area contributed by atoms with E-state index in [-0.39, 0.29) is 17.9 Å². The lowest BCUT2D eigenvalue weighted by Gasteiger charge is -2.32. The normalized spacial score (nSPS) is 14.4. The lowest BCUT2D eigenvalue weighted by atomic mass is 10.0. The summed E-state index contributed by atoms with van der Waals surface area (Å²) in [4.78, 5) is 3.15. The van der Waals surface area contributed by atoms with E-state index in [1.165, 1.54) is 17.4 Å². The highest BCUT2D eigenvalue weighted by Gasteiger charge is 2.25. The van der Waals surface area contributed by atoms with E-state index in [0.29, 0.717) is 16.4 Å². The van der Waals surface area contributed by atoms with Gasteiger partial charge in [-0.15, -0.1) is 11.3 Å². The Hall–Kier alpha value is -0.460. The number of nitrogens with two attached hydrogens (primary N) is 1. The highest BCUT2D eigenvalue weighted by molar-refractivity contribution is 9.10. The summed E-state index contributed by atoms with van der Waals surface area (Å²) in [5.41, 5.74) is 6.60. The molecule has 21 heavy (non-hydrogen) atoms. The van der Waals surface area contributed by atoms with Gasteiger partial charge in [-0.2, -0.15) is 0 Å². The molecule has 2 aromatic rings. The van der Waals surface area contributed by atoms with Gasteiger partial charge in [0.1, 0.15) is 10.2 Å². The third-order valence-electron chi connectivity index (χ3n) is 3.67. The molecule has 0 fully saturated rings. The molecule has 2 nitrogen and oxygen atoms in total. The second-order valence-electron chi connectivity index (χ2n) is 4.88. The van der Waals surface area contributed by atoms with E-state index in [4.69, 9.17) is 17.3 Å². The first kappa shape index (κ1) is 16.9. The first-order chi connectivity index (χ1) is 9.95. The largest absolute Gasteiger partial charge is 0.329 e. The molecule has 0 aliphatic heterocycles. The first-order valence-corrected chi connectivity index (χ1v) is 8.55. The molecule has 1 heterocycles. The standard InChI is InChI=1S/C15H17BrClFN2S/c1-9(10-5-3-4-6-12(10)18)20(2)13(8-19)14-7-11(16)15(17)21-14/h3-7,9,13H,8,19H2,1-2H3. The van der Waals surface area contributed by atoms with E-state index in [2.05, 4.69) is 20.8 Å². The molecule has 2 unspecified atom stereocenters. The van der Waals surface area contributed by atoms with Crippen molar-refractivity contribution >= 4 is 38.9 Å². The van der Waals surface area contributed by atoms with Crippen molar-refractivity contribution in [3.63, 3.8) is 0 Å². The number of likely N-dealkylation sites (N-methyl/N-ethyl adjacent to an activating group) is 1. The molecular formula is C15H17BrClFN2S. The van der Waals surface area contributed by atoms with Crippen LogP contribution >= 0.6 is 38.9 Å². The van der Waals surface area contributed by atoms with Crippen LogP contribution in [0.5, 0.6) is 0 Å². The second kappa shape index (κ2) is 7.20. The summed E-state index contributed by atoms with van der Waals surface area (Å²) in [6.45, 7) is 2.42. The number of hydrogen-bond acceptors (Lipinski definition) is 3. The minimum Gasteiger partial charge on any atom is -0.329 e. The Morgan fingerprint density at radius 3 is 2.62 bits per heavy atom. The number of rotatable bonds is 5. The van der Waals surface area contributed by atoms with Crippen molar-refractivity contribution in [1.29, 1.82) is 0 Å². The minimum absolute atomic E-state index is 0.00611. The predicted molar refractivity (Wildman–Crippen MR) is 91.4 cm³/mol. The quantitative estimate of drug-likeness (QED) is 0.777. The molecule has 0 aliphatic rings. The van der Waals surface area contributed by atoms with E-state index in [1.807, 2.05) is 26.1 Å². The zero-order chi connectivity index (χ0) is 15.6. The number of thiophene rings is 1. The van der Waals surface area contributed by atoms with Gasteiger partial charge in [-0.05, 0) is 42.0 Å². The van der Waals surface area contributed by atoms with E-state index in [1.54, 1.807) is 12.1 Å². The van der Waals surface area contributed by atoms with E-state index < -0.39 is 0 Å². The summed E-state index contributed by atoms with van der Waals surface area (Å²) in [6.07, 6.45) is 0. The molecule has 2 rings (SSSR count). The van der Waals surface area contributed by atoms with Crippen LogP contribution in [0.2, 0.25) is 4.34 Å². The zero-order valence-corrected chi connectivity index (χ0v) is 15.0. The van der Waals surface area contributed by atoms with Crippen molar-refractivity contribution in [2.24, 2.45) is 5.73 Å². The third-order valence-corrected chi connectivity index (χ3v) is 6.25. The summed E-state index contributed by atoms with van der Waals surface area (Å²) in [7, 11) is 1.95. The lowest BCUT2D eigenvalue weighted by Crippen LogP contribution is -2.32. The molecule has 2 N–H and O–H groups in total. The van der Waals surface area contributed by atoms with Crippen LogP contribution in [-0.2, 0) is 0 Å². The Balaban J connectivity index is 2.28. The van der Waals surface area contributed by atoms with Crippen LogP contribution in [-0.4, -0.2) is 18.5 Å². The SMILES string of the molecule is CC(c1ccccc1F)N(C)C(CN)c1cc(Br)c(Cl)s1. The molecule has 0 bridgehead atoms. The van der Waals surface area contributed by atoms with Gasteiger partial charge in [-0.1, -0.05) is 29.8 Å². The average Bonchev–Trinajstić information content (AvgIpc) is 2.79. The maximum Gasteiger partial charge on any atom is 0.127 e. The Kier molecular flexibility index (Phi) is 5.80. The van der Waals surface area contributed by atoms with Crippen molar-refractivity contribution in [2.75, 3.05) is 13.6 Å². The zero-order valence-electron chi connectivity index (χ0n) is 11.8. The van der Waals surface area contributed by atoms with Gasteiger partial charge in [0.25, 0.3) is 0 Å². The number of hydrogen-bond donors (Lipinski definition) is 1. The fourth-order valence-electron chi connectivity index (χ4n) is 2.31. The van der Waals surface area contributed by atoms with Crippen molar-refractivity contribution in [3.8, 4) is 0 Å². The van der Waals surface area contributed by atoms with Gasteiger partial charge in [0.05, 0.1) is 6.04 Å². The van der Waals surface area contributed by atoms with Crippen LogP contribution in [0.25, 0.3) is 0 Å². The fraction of sp³-hybridized carbons (Fsp3) is 0.333. The lowest BCUT2D eigenvalue weighted by molar-refractivity contribution is 0.189. The smallest absolute Gasteiger partial charge is 0.127 e. The predicted octanol–water partition coefficient (Wildman–Crippen LogP) is 5.00. The van der Waals surface area contributed by atoms with Crippen molar-refractivity contribution < 1.29 is 4.39 Å². The molecule has 1 aromatic carbocycles. The van der Waals surface area contributed by atoms with Gasteiger partial charge < -0.3 is 5.73 Å². The molecule has 6 heteroatoms. The molecular weight excluding hydrogens is 375 g/mol. The number of benzene rings is 1. The van der Waals surface area contributed by atoms with Crippen LogP contribution in [0.1, 0.15) is 29.4 Å². The molecule has 0 amide bonds. The Bertz CT molecular complexity index is 600. The maximum absolute atomic E-state index is 14.0. The molecule has 0 saturated heterocycles. The van der Waals surface area contributed by atoms with Crippen LogP contribution in [0, 0.1) is 5.82 Å². The van der Waals surface area contributed by atoms with Crippen LogP contribution in [0.3, 0.4) is 0 Å². The Morgan fingerprint density at radius 1 is 1.43 bits per heavy atom. The molecule has 1 aromatic heterocycles. The summed E-state index contributed by atoms with van der Waals surface area (Å²) < 4.78 is 15.5. The third kappa shape index (κ3) is 3.66. The average molecular weight is 392 g/mol. The Morgan fingerprint density at radius 2 is 2.10 bits per heavy atom. The molecule has 0 radical (unpaired) electrons. The van der Waals surface area contributed by atoms with E-state index >= 15 is 0 Å². The van der Waals surface area contributed by atoms with Crippen LogP contribution in [0.4, 0.5) is 4.39 Å². The van der Waals surface area contributed by atoms with Gasteiger partial charge in [0, 0.05) is 27.5 Å². The molecule has 2 atom stereocenters. The molecule has 0 saturated carbocycles. The molecule has 0 aliphatic carbocycles. The van der Waals surface area contributed by atoms with Crippen LogP contribution < -0.4 is 5.73 Å². The number of halogens is 3. The van der Waals surface area contributed by atoms with Gasteiger partial charge >= 0.3 is 0 Å². The van der Waals surface area contributed by atoms with Crippen molar-refractivity contribution in [1.82, 2.24) is 4.90 Å². The molecule has 0 spiro atoms. The van der Waals surface area contributed by atoms with E-state index in [9.17, 15) is 4.39 Å². The highest BCUT2D eigenvalue weighted by Crippen LogP contribution is 2.38. The Labute approximate surface area is 141 Å². The van der Waals surface area contributed by atoms with Gasteiger partial charge in [-0.3, -0.25) is 4.90 Å². The monoisotopic (exact) mass is 390 g/mol. The summed E-state index contributed by atoms with van der Waals surface area (Å²) in [5.74, 6) is -0.196. The highest BCUT2D eigenvalue weighted by atomic mass is 79.9. The molecule has 114 valence electrons. The minimum atomic E-state index is -0.196. The summed E-state index contributed by atoms with van der Waals surface area (Å²) >= 11 is 11.0.